The zero-order valence-electron chi connectivity index (χ0n) is 12.2. The molecule has 2 aromatic rings. The zero-order valence-corrected chi connectivity index (χ0v) is 14.6. The normalized spacial score (nSPS) is 11.2. The molecule has 0 atom stereocenters. The molecule has 0 aliphatic heterocycles. The number of hydrogen-bond donors (Lipinski definition) is 2. The largest absolute Gasteiger partial charge is 0.370 e. The molecule has 0 saturated carbocycles. The average molecular weight is 384 g/mol. The monoisotopic (exact) mass is 383 g/mol. The van der Waals surface area contributed by atoms with Gasteiger partial charge < -0.3 is 5.32 Å². The average Bonchev–Trinajstić information content (AvgIpc) is 2.49. The molecular weight excluding hydrogens is 366 g/mol. The standard InChI is InChI=1S/C15H18BrN3O2S/c1-2-3-10-17-15-9-6-13(11-18-15)19-22(20,21)14-7-4-12(16)5-8-14/h4-9,11,19H,2-3,10H2,1H3,(H,17,18). The van der Waals surface area contributed by atoms with Gasteiger partial charge in [-0.15, -0.1) is 0 Å². The molecule has 0 radical (unpaired) electrons. The van der Waals surface area contributed by atoms with Crippen LogP contribution < -0.4 is 10.0 Å². The van der Waals surface area contributed by atoms with Crippen molar-refractivity contribution in [3.8, 4) is 0 Å². The number of nitrogens with zero attached hydrogens (tertiary/aromatic N) is 1. The highest BCUT2D eigenvalue weighted by Crippen LogP contribution is 2.18. The molecule has 0 aliphatic rings. The van der Waals surface area contributed by atoms with Crippen LogP contribution in [0.5, 0.6) is 0 Å². The molecule has 118 valence electrons. The van der Waals surface area contributed by atoms with E-state index in [1.165, 1.54) is 6.20 Å². The molecule has 5 nitrogen and oxygen atoms in total. The summed E-state index contributed by atoms with van der Waals surface area (Å²) < 4.78 is 27.8. The van der Waals surface area contributed by atoms with E-state index in [0.29, 0.717) is 5.69 Å². The summed E-state index contributed by atoms with van der Waals surface area (Å²) in [5.74, 6) is 0.736. The molecular formula is C15H18BrN3O2S. The number of sulfonamides is 1. The van der Waals surface area contributed by atoms with Gasteiger partial charge >= 0.3 is 0 Å². The highest BCUT2D eigenvalue weighted by atomic mass is 79.9. The summed E-state index contributed by atoms with van der Waals surface area (Å²) in [6.07, 6.45) is 3.68. The van der Waals surface area contributed by atoms with Gasteiger partial charge in [-0.25, -0.2) is 13.4 Å². The minimum absolute atomic E-state index is 0.209. The van der Waals surface area contributed by atoms with Crippen molar-refractivity contribution in [2.45, 2.75) is 24.7 Å². The lowest BCUT2D eigenvalue weighted by atomic mass is 10.3. The molecule has 0 fully saturated rings. The third kappa shape index (κ3) is 4.71. The smallest absolute Gasteiger partial charge is 0.261 e. The lowest BCUT2D eigenvalue weighted by Crippen LogP contribution is -2.13. The van der Waals surface area contributed by atoms with E-state index in [1.54, 1.807) is 36.4 Å². The van der Waals surface area contributed by atoms with Crippen molar-refractivity contribution in [2.24, 2.45) is 0 Å². The van der Waals surface area contributed by atoms with Crippen LogP contribution in [0.3, 0.4) is 0 Å². The van der Waals surface area contributed by atoms with Gasteiger partial charge in [0, 0.05) is 11.0 Å². The van der Waals surface area contributed by atoms with Crippen LogP contribution in [0.4, 0.5) is 11.5 Å². The van der Waals surface area contributed by atoms with Crippen molar-refractivity contribution in [3.63, 3.8) is 0 Å². The summed E-state index contributed by atoms with van der Waals surface area (Å²) in [6, 6.07) is 9.91. The number of unbranched alkanes of at least 4 members (excludes halogenated alkanes) is 1. The van der Waals surface area contributed by atoms with E-state index in [2.05, 4.69) is 37.9 Å². The Balaban J connectivity index is 2.05. The van der Waals surface area contributed by atoms with Gasteiger partial charge in [0.2, 0.25) is 0 Å². The summed E-state index contributed by atoms with van der Waals surface area (Å²) in [5.41, 5.74) is 0.434. The van der Waals surface area contributed by atoms with E-state index in [9.17, 15) is 8.42 Å². The van der Waals surface area contributed by atoms with Crippen LogP contribution in [0, 0.1) is 0 Å². The Morgan fingerprint density at radius 1 is 1.14 bits per heavy atom. The quantitative estimate of drug-likeness (QED) is 0.712. The summed E-state index contributed by atoms with van der Waals surface area (Å²) in [7, 11) is -3.60. The first kappa shape index (κ1) is 16.8. The number of benzene rings is 1. The minimum Gasteiger partial charge on any atom is -0.370 e. The fourth-order valence-corrected chi connectivity index (χ4v) is 3.09. The Kier molecular flexibility index (Phi) is 5.79. The van der Waals surface area contributed by atoms with Crippen LogP contribution in [-0.4, -0.2) is 19.9 Å². The van der Waals surface area contributed by atoms with Gasteiger partial charge in [-0.05, 0) is 42.8 Å². The van der Waals surface area contributed by atoms with Crippen molar-refractivity contribution in [2.75, 3.05) is 16.6 Å². The summed E-state index contributed by atoms with van der Waals surface area (Å²) >= 11 is 3.28. The van der Waals surface area contributed by atoms with Crippen LogP contribution in [0.15, 0.2) is 52.0 Å². The molecule has 0 unspecified atom stereocenters. The fraction of sp³-hybridized carbons (Fsp3) is 0.267. The second kappa shape index (κ2) is 7.60. The van der Waals surface area contributed by atoms with Gasteiger partial charge in [-0.1, -0.05) is 29.3 Å². The van der Waals surface area contributed by atoms with Crippen molar-refractivity contribution >= 4 is 37.5 Å². The molecule has 2 N–H and O–H groups in total. The number of rotatable bonds is 7. The maximum atomic E-state index is 12.2. The SMILES string of the molecule is CCCCNc1ccc(NS(=O)(=O)c2ccc(Br)cc2)cn1. The first-order chi connectivity index (χ1) is 10.5. The first-order valence-electron chi connectivity index (χ1n) is 6.99. The van der Waals surface area contributed by atoms with E-state index in [1.807, 2.05) is 0 Å². The molecule has 0 saturated heterocycles. The summed E-state index contributed by atoms with van der Waals surface area (Å²) in [4.78, 5) is 4.41. The molecule has 7 heteroatoms. The molecule has 0 bridgehead atoms. The van der Waals surface area contributed by atoms with Crippen LogP contribution in [0.2, 0.25) is 0 Å². The second-order valence-corrected chi connectivity index (χ2v) is 7.37. The molecule has 0 aliphatic carbocycles. The summed E-state index contributed by atoms with van der Waals surface area (Å²) in [6.45, 7) is 2.97. The Labute approximate surface area is 139 Å². The molecule has 1 aromatic carbocycles. The van der Waals surface area contributed by atoms with E-state index >= 15 is 0 Å². The number of pyridine rings is 1. The Hall–Kier alpha value is -1.60. The Morgan fingerprint density at radius 2 is 1.86 bits per heavy atom. The highest BCUT2D eigenvalue weighted by Gasteiger charge is 2.13. The predicted octanol–water partition coefficient (Wildman–Crippen LogP) is 3.86. The minimum atomic E-state index is -3.60. The second-order valence-electron chi connectivity index (χ2n) is 4.77. The zero-order chi connectivity index (χ0) is 16.0. The van der Waals surface area contributed by atoms with Crippen LogP contribution in [-0.2, 0) is 10.0 Å². The van der Waals surface area contributed by atoms with Gasteiger partial charge in [0.25, 0.3) is 10.0 Å². The van der Waals surface area contributed by atoms with E-state index in [0.717, 1.165) is 29.7 Å². The Morgan fingerprint density at radius 3 is 2.45 bits per heavy atom. The lowest BCUT2D eigenvalue weighted by molar-refractivity contribution is 0.601. The molecule has 0 amide bonds. The van der Waals surface area contributed by atoms with Gasteiger partial charge in [0.1, 0.15) is 5.82 Å². The number of halogens is 1. The van der Waals surface area contributed by atoms with E-state index < -0.39 is 10.0 Å². The third-order valence-electron chi connectivity index (χ3n) is 2.98. The number of aromatic nitrogens is 1. The Bertz CT molecular complexity index is 701. The van der Waals surface area contributed by atoms with Crippen molar-refractivity contribution in [3.05, 3.63) is 47.1 Å². The number of nitrogens with one attached hydrogen (secondary N) is 2. The summed E-state index contributed by atoms with van der Waals surface area (Å²) in [5, 5.41) is 3.18. The van der Waals surface area contributed by atoms with Gasteiger partial charge in [-0.2, -0.15) is 0 Å². The van der Waals surface area contributed by atoms with Crippen LogP contribution in [0.25, 0.3) is 0 Å². The molecule has 22 heavy (non-hydrogen) atoms. The number of anilines is 2. The highest BCUT2D eigenvalue weighted by molar-refractivity contribution is 9.10. The molecule has 1 aromatic heterocycles. The van der Waals surface area contributed by atoms with Crippen molar-refractivity contribution in [1.29, 1.82) is 0 Å². The van der Waals surface area contributed by atoms with Crippen LogP contribution in [0.1, 0.15) is 19.8 Å². The van der Waals surface area contributed by atoms with Crippen LogP contribution >= 0.6 is 15.9 Å². The van der Waals surface area contributed by atoms with Gasteiger partial charge in [-0.3, -0.25) is 4.72 Å². The lowest BCUT2D eigenvalue weighted by Gasteiger charge is -2.09. The molecule has 1 heterocycles. The first-order valence-corrected chi connectivity index (χ1v) is 9.27. The van der Waals surface area contributed by atoms with Crippen molar-refractivity contribution in [1.82, 2.24) is 4.98 Å². The number of hydrogen-bond acceptors (Lipinski definition) is 4. The van der Waals surface area contributed by atoms with Gasteiger partial charge in [0.15, 0.2) is 0 Å². The maximum absolute atomic E-state index is 12.2. The molecule has 0 spiro atoms. The predicted molar refractivity (Wildman–Crippen MR) is 92.6 cm³/mol. The van der Waals surface area contributed by atoms with E-state index in [-0.39, 0.29) is 4.90 Å². The maximum Gasteiger partial charge on any atom is 0.261 e. The van der Waals surface area contributed by atoms with Gasteiger partial charge in [0.05, 0.1) is 16.8 Å². The third-order valence-corrected chi connectivity index (χ3v) is 4.90. The molecule has 2 rings (SSSR count). The van der Waals surface area contributed by atoms with Crippen molar-refractivity contribution < 1.29 is 8.42 Å². The fourth-order valence-electron chi connectivity index (χ4n) is 1.78. The van der Waals surface area contributed by atoms with E-state index in [4.69, 9.17) is 0 Å². The topological polar surface area (TPSA) is 71.1 Å².